The molecule has 0 aromatic carbocycles. The van der Waals surface area contributed by atoms with E-state index in [9.17, 15) is 4.79 Å². The van der Waals surface area contributed by atoms with E-state index in [1.807, 2.05) is 32.6 Å². The summed E-state index contributed by atoms with van der Waals surface area (Å²) in [5.74, 6) is 0.130. The molecule has 19 heavy (non-hydrogen) atoms. The highest BCUT2D eigenvalue weighted by molar-refractivity contribution is 5.85. The zero-order valence-corrected chi connectivity index (χ0v) is 13.0. The molecule has 2 heterocycles. The van der Waals surface area contributed by atoms with E-state index >= 15 is 0 Å². The lowest BCUT2D eigenvalue weighted by molar-refractivity contribution is -0.164. The van der Waals surface area contributed by atoms with Crippen LogP contribution < -0.4 is 5.32 Å². The molecular weight excluding hydrogens is 268 g/mol. The van der Waals surface area contributed by atoms with Gasteiger partial charge in [0.15, 0.2) is 0 Å². The topological polar surface area (TPSA) is 50.8 Å². The number of morpholine rings is 2. The van der Waals surface area contributed by atoms with Crippen LogP contribution in [-0.2, 0) is 14.3 Å². The minimum absolute atomic E-state index is 0. The van der Waals surface area contributed by atoms with E-state index in [0.29, 0.717) is 19.7 Å². The van der Waals surface area contributed by atoms with Gasteiger partial charge < -0.3 is 19.7 Å². The van der Waals surface area contributed by atoms with E-state index in [4.69, 9.17) is 9.47 Å². The Hall–Kier alpha value is -0.360. The molecule has 112 valence electrons. The van der Waals surface area contributed by atoms with Gasteiger partial charge in [0.1, 0.15) is 6.04 Å². The Morgan fingerprint density at radius 1 is 1.37 bits per heavy atom. The Morgan fingerprint density at radius 2 is 2.05 bits per heavy atom. The van der Waals surface area contributed by atoms with Crippen molar-refractivity contribution < 1.29 is 14.3 Å². The molecule has 1 unspecified atom stereocenters. The summed E-state index contributed by atoms with van der Waals surface area (Å²) >= 11 is 0. The monoisotopic (exact) mass is 292 g/mol. The molecule has 2 rings (SSSR count). The van der Waals surface area contributed by atoms with Crippen molar-refractivity contribution in [3.05, 3.63) is 0 Å². The smallest absolute Gasteiger partial charge is 0.242 e. The van der Waals surface area contributed by atoms with Gasteiger partial charge in [-0.2, -0.15) is 0 Å². The number of amides is 1. The van der Waals surface area contributed by atoms with Gasteiger partial charge in [0.2, 0.25) is 5.91 Å². The fourth-order valence-electron chi connectivity index (χ4n) is 2.83. The predicted molar refractivity (Wildman–Crippen MR) is 75.7 cm³/mol. The number of nitrogens with one attached hydrogen (secondary N) is 1. The molecule has 2 aliphatic heterocycles. The van der Waals surface area contributed by atoms with Gasteiger partial charge in [-0.3, -0.25) is 4.79 Å². The van der Waals surface area contributed by atoms with E-state index < -0.39 is 0 Å². The molecule has 6 heteroatoms. The number of hydrogen-bond acceptors (Lipinski definition) is 4. The highest BCUT2D eigenvalue weighted by Gasteiger charge is 2.38. The van der Waals surface area contributed by atoms with Crippen LogP contribution in [-0.4, -0.2) is 60.9 Å². The standard InChI is InChI=1S/C13H24N2O3.ClH/c1-9-7-15(8-13(3,4)18-9)12(16)11-10(2)17-6-5-14-11;/h9-11,14H,5-8H2,1-4H3;1H/t9?,10-,11+;/m1./s1. The van der Waals surface area contributed by atoms with Crippen molar-refractivity contribution in [2.75, 3.05) is 26.2 Å². The quantitative estimate of drug-likeness (QED) is 0.777. The summed E-state index contributed by atoms with van der Waals surface area (Å²) in [6, 6.07) is -0.222. The Morgan fingerprint density at radius 3 is 2.63 bits per heavy atom. The third-order valence-electron chi connectivity index (χ3n) is 3.46. The summed E-state index contributed by atoms with van der Waals surface area (Å²) in [4.78, 5) is 14.4. The number of carbonyl (C=O) groups is 1. The first-order chi connectivity index (χ1) is 8.39. The van der Waals surface area contributed by atoms with Crippen LogP contribution in [0.5, 0.6) is 0 Å². The van der Waals surface area contributed by atoms with Crippen LogP contribution in [0.2, 0.25) is 0 Å². The van der Waals surface area contributed by atoms with Gasteiger partial charge in [0, 0.05) is 19.6 Å². The first kappa shape index (κ1) is 16.7. The van der Waals surface area contributed by atoms with Gasteiger partial charge in [0.05, 0.1) is 24.4 Å². The third-order valence-corrected chi connectivity index (χ3v) is 3.46. The Balaban J connectivity index is 0.00000180. The van der Waals surface area contributed by atoms with Gasteiger partial charge in [-0.25, -0.2) is 0 Å². The maximum Gasteiger partial charge on any atom is 0.242 e. The first-order valence-corrected chi connectivity index (χ1v) is 6.71. The second-order valence-corrected chi connectivity index (χ2v) is 5.91. The number of carbonyl (C=O) groups excluding carboxylic acids is 1. The number of ether oxygens (including phenoxy) is 2. The second-order valence-electron chi connectivity index (χ2n) is 5.91. The van der Waals surface area contributed by atoms with Gasteiger partial charge in [0.25, 0.3) is 0 Å². The molecule has 2 saturated heterocycles. The van der Waals surface area contributed by atoms with E-state index in [1.165, 1.54) is 0 Å². The summed E-state index contributed by atoms with van der Waals surface area (Å²) in [6.45, 7) is 10.7. The summed E-state index contributed by atoms with van der Waals surface area (Å²) in [6.07, 6.45) is 0.0185. The minimum atomic E-state index is -0.272. The minimum Gasteiger partial charge on any atom is -0.375 e. The molecule has 0 aromatic rings. The summed E-state index contributed by atoms with van der Waals surface area (Å²) < 4.78 is 11.4. The van der Waals surface area contributed by atoms with Gasteiger partial charge in [-0.15, -0.1) is 12.4 Å². The SMILES string of the molecule is CC1CN(C(=O)[C@H]2NCCO[C@@H]2C)CC(C)(C)O1.Cl. The molecular formula is C13H25ClN2O3. The largest absolute Gasteiger partial charge is 0.375 e. The Kier molecular flexibility index (Phi) is 5.62. The zero-order valence-electron chi connectivity index (χ0n) is 12.1. The van der Waals surface area contributed by atoms with Crippen LogP contribution in [0.1, 0.15) is 27.7 Å². The molecule has 0 radical (unpaired) electrons. The van der Waals surface area contributed by atoms with E-state index in [-0.39, 0.29) is 42.2 Å². The normalized spacial score (nSPS) is 34.5. The first-order valence-electron chi connectivity index (χ1n) is 6.71. The number of halogens is 1. The van der Waals surface area contributed by atoms with E-state index in [0.717, 1.165) is 6.54 Å². The molecule has 0 saturated carbocycles. The van der Waals surface area contributed by atoms with Crippen molar-refractivity contribution in [3.63, 3.8) is 0 Å². The zero-order chi connectivity index (χ0) is 13.3. The van der Waals surface area contributed by atoms with Crippen LogP contribution in [0, 0.1) is 0 Å². The van der Waals surface area contributed by atoms with Crippen LogP contribution in [0.25, 0.3) is 0 Å². The summed E-state index contributed by atoms with van der Waals surface area (Å²) in [5, 5.41) is 3.25. The summed E-state index contributed by atoms with van der Waals surface area (Å²) in [7, 11) is 0. The molecule has 1 N–H and O–H groups in total. The average Bonchev–Trinajstić information content (AvgIpc) is 2.26. The highest BCUT2D eigenvalue weighted by Crippen LogP contribution is 2.22. The molecule has 2 aliphatic rings. The lowest BCUT2D eigenvalue weighted by atomic mass is 10.0. The lowest BCUT2D eigenvalue weighted by Gasteiger charge is -2.44. The molecule has 5 nitrogen and oxygen atoms in total. The van der Waals surface area contributed by atoms with Crippen molar-refractivity contribution in [3.8, 4) is 0 Å². The average molecular weight is 293 g/mol. The van der Waals surface area contributed by atoms with Crippen LogP contribution in [0.15, 0.2) is 0 Å². The predicted octanol–water partition coefficient (Wildman–Crippen LogP) is 0.811. The van der Waals surface area contributed by atoms with Crippen LogP contribution >= 0.6 is 12.4 Å². The highest BCUT2D eigenvalue weighted by atomic mass is 35.5. The molecule has 2 fully saturated rings. The molecule has 3 atom stereocenters. The third kappa shape index (κ3) is 4.05. The molecule has 0 aromatic heterocycles. The van der Waals surface area contributed by atoms with E-state index in [2.05, 4.69) is 5.32 Å². The number of rotatable bonds is 1. The van der Waals surface area contributed by atoms with Crippen LogP contribution in [0.4, 0.5) is 0 Å². The number of nitrogens with zero attached hydrogens (tertiary/aromatic N) is 1. The molecule has 0 spiro atoms. The Bertz CT molecular complexity index is 325. The fourth-order valence-corrected chi connectivity index (χ4v) is 2.83. The van der Waals surface area contributed by atoms with Crippen molar-refractivity contribution >= 4 is 18.3 Å². The van der Waals surface area contributed by atoms with Gasteiger partial charge >= 0.3 is 0 Å². The van der Waals surface area contributed by atoms with Gasteiger partial charge in [-0.1, -0.05) is 0 Å². The maximum absolute atomic E-state index is 12.5. The molecule has 1 amide bonds. The number of hydrogen-bond donors (Lipinski definition) is 1. The molecule has 0 bridgehead atoms. The lowest BCUT2D eigenvalue weighted by Crippen LogP contribution is -2.61. The van der Waals surface area contributed by atoms with Crippen LogP contribution in [0.3, 0.4) is 0 Å². The Labute approximate surface area is 121 Å². The second kappa shape index (κ2) is 6.39. The van der Waals surface area contributed by atoms with Gasteiger partial charge in [-0.05, 0) is 27.7 Å². The van der Waals surface area contributed by atoms with Crippen molar-refractivity contribution in [1.29, 1.82) is 0 Å². The van der Waals surface area contributed by atoms with E-state index in [1.54, 1.807) is 0 Å². The summed E-state index contributed by atoms with van der Waals surface area (Å²) in [5.41, 5.74) is -0.272. The van der Waals surface area contributed by atoms with Crippen molar-refractivity contribution in [2.24, 2.45) is 0 Å². The van der Waals surface area contributed by atoms with Crippen molar-refractivity contribution in [1.82, 2.24) is 10.2 Å². The fraction of sp³-hybridized carbons (Fsp3) is 0.923. The van der Waals surface area contributed by atoms with Crippen molar-refractivity contribution in [2.45, 2.75) is 51.5 Å². The molecule has 0 aliphatic carbocycles. The maximum atomic E-state index is 12.5.